The van der Waals surface area contributed by atoms with Gasteiger partial charge in [-0.25, -0.2) is 0 Å². The van der Waals surface area contributed by atoms with Crippen LogP contribution in [0.4, 0.5) is 5.69 Å². The lowest BCUT2D eigenvalue weighted by Crippen LogP contribution is -2.48. The van der Waals surface area contributed by atoms with Crippen molar-refractivity contribution in [3.63, 3.8) is 0 Å². The molecule has 1 amide bonds. The predicted octanol–water partition coefficient (Wildman–Crippen LogP) is 1.65. The summed E-state index contributed by atoms with van der Waals surface area (Å²) in [6, 6.07) is 11.0. The predicted molar refractivity (Wildman–Crippen MR) is 86.4 cm³/mol. The number of hydrogen-bond acceptors (Lipinski definition) is 3. The summed E-state index contributed by atoms with van der Waals surface area (Å²) in [6.07, 6.45) is 1.72. The molecule has 0 saturated carbocycles. The summed E-state index contributed by atoms with van der Waals surface area (Å²) in [5.41, 5.74) is 2.73. The third-order valence-corrected chi connectivity index (χ3v) is 3.96. The molecule has 0 spiro atoms. The second kappa shape index (κ2) is 6.05. The molecule has 22 heavy (non-hydrogen) atoms. The zero-order valence-electron chi connectivity index (χ0n) is 12.6. The van der Waals surface area contributed by atoms with Crippen LogP contribution >= 0.6 is 0 Å². The lowest BCUT2D eigenvalue weighted by atomic mass is 10.1. The summed E-state index contributed by atoms with van der Waals surface area (Å²) in [7, 11) is 0. The van der Waals surface area contributed by atoms with Crippen molar-refractivity contribution in [2.75, 3.05) is 31.1 Å². The minimum absolute atomic E-state index is 0.0878. The van der Waals surface area contributed by atoms with Crippen LogP contribution in [-0.2, 0) is 0 Å². The fourth-order valence-electron chi connectivity index (χ4n) is 2.73. The molecule has 114 valence electrons. The third kappa shape index (κ3) is 3.03. The van der Waals surface area contributed by atoms with E-state index in [0.717, 1.165) is 29.9 Å². The number of H-pyrrole nitrogens is 1. The van der Waals surface area contributed by atoms with Gasteiger partial charge in [-0.05, 0) is 25.1 Å². The van der Waals surface area contributed by atoms with Crippen molar-refractivity contribution in [2.45, 2.75) is 6.92 Å². The standard InChI is InChI=1S/C17H19N3O2/c1-13-3-2-4-14(11-13)17(22)20-9-7-19(8-10-20)15-5-6-16(21)18-12-15/h2-6,11-12H,7-10H2,1H3,(H,18,21). The summed E-state index contributed by atoms with van der Waals surface area (Å²) >= 11 is 0. The zero-order chi connectivity index (χ0) is 15.5. The van der Waals surface area contributed by atoms with Crippen LogP contribution in [0.15, 0.2) is 47.4 Å². The summed E-state index contributed by atoms with van der Waals surface area (Å²) in [5.74, 6) is 0.0878. The summed E-state index contributed by atoms with van der Waals surface area (Å²) < 4.78 is 0. The molecule has 1 aromatic carbocycles. The number of hydrogen-bond donors (Lipinski definition) is 1. The topological polar surface area (TPSA) is 56.4 Å². The van der Waals surface area contributed by atoms with E-state index in [1.165, 1.54) is 6.07 Å². The summed E-state index contributed by atoms with van der Waals surface area (Å²) in [6.45, 7) is 4.90. The van der Waals surface area contributed by atoms with Crippen molar-refractivity contribution in [3.05, 3.63) is 64.1 Å². The maximum absolute atomic E-state index is 12.5. The van der Waals surface area contributed by atoms with Gasteiger partial charge in [-0.15, -0.1) is 0 Å². The number of nitrogens with zero attached hydrogens (tertiary/aromatic N) is 2. The van der Waals surface area contributed by atoms with Gasteiger partial charge in [0.1, 0.15) is 0 Å². The summed E-state index contributed by atoms with van der Waals surface area (Å²) in [5, 5.41) is 0. The molecule has 1 aromatic heterocycles. The molecule has 1 aliphatic heterocycles. The Balaban J connectivity index is 1.65. The van der Waals surface area contributed by atoms with Crippen molar-refractivity contribution in [1.82, 2.24) is 9.88 Å². The Morgan fingerprint density at radius 3 is 2.50 bits per heavy atom. The maximum atomic E-state index is 12.5. The van der Waals surface area contributed by atoms with Gasteiger partial charge in [0, 0.05) is 44.0 Å². The van der Waals surface area contributed by atoms with E-state index in [9.17, 15) is 9.59 Å². The largest absolute Gasteiger partial charge is 0.367 e. The van der Waals surface area contributed by atoms with E-state index < -0.39 is 0 Å². The van der Waals surface area contributed by atoms with Gasteiger partial charge in [-0.3, -0.25) is 9.59 Å². The average Bonchev–Trinajstić information content (AvgIpc) is 2.55. The monoisotopic (exact) mass is 297 g/mol. The van der Waals surface area contributed by atoms with Crippen molar-refractivity contribution in [2.24, 2.45) is 0 Å². The first kappa shape index (κ1) is 14.4. The van der Waals surface area contributed by atoms with E-state index in [0.29, 0.717) is 13.1 Å². The van der Waals surface area contributed by atoms with Gasteiger partial charge >= 0.3 is 0 Å². The zero-order valence-corrected chi connectivity index (χ0v) is 12.6. The van der Waals surface area contributed by atoms with E-state index in [2.05, 4.69) is 9.88 Å². The van der Waals surface area contributed by atoms with E-state index in [4.69, 9.17) is 0 Å². The van der Waals surface area contributed by atoms with E-state index >= 15 is 0 Å². The number of nitrogens with one attached hydrogen (secondary N) is 1. The molecule has 1 aliphatic rings. The first-order chi connectivity index (χ1) is 10.6. The fraction of sp³-hybridized carbons (Fsp3) is 0.294. The lowest BCUT2D eigenvalue weighted by Gasteiger charge is -2.36. The van der Waals surface area contributed by atoms with E-state index in [-0.39, 0.29) is 11.5 Å². The first-order valence-corrected chi connectivity index (χ1v) is 7.43. The Kier molecular flexibility index (Phi) is 3.96. The number of carbonyl (C=O) groups is 1. The lowest BCUT2D eigenvalue weighted by molar-refractivity contribution is 0.0746. The molecular formula is C17H19N3O2. The molecule has 5 nitrogen and oxygen atoms in total. The summed E-state index contributed by atoms with van der Waals surface area (Å²) in [4.78, 5) is 30.4. The molecule has 0 atom stereocenters. The van der Waals surface area contributed by atoms with Crippen LogP contribution in [0.1, 0.15) is 15.9 Å². The molecule has 1 fully saturated rings. The highest BCUT2D eigenvalue weighted by atomic mass is 16.2. The Morgan fingerprint density at radius 2 is 1.86 bits per heavy atom. The highest BCUT2D eigenvalue weighted by molar-refractivity contribution is 5.94. The van der Waals surface area contributed by atoms with E-state index in [1.54, 1.807) is 6.20 Å². The van der Waals surface area contributed by atoms with Crippen molar-refractivity contribution < 1.29 is 4.79 Å². The molecule has 3 rings (SSSR count). The minimum atomic E-state index is -0.1000. The van der Waals surface area contributed by atoms with Crippen LogP contribution in [0.5, 0.6) is 0 Å². The van der Waals surface area contributed by atoms with Gasteiger partial charge in [0.15, 0.2) is 0 Å². The Bertz CT molecular complexity index is 710. The Labute approximate surface area is 129 Å². The molecule has 2 heterocycles. The molecule has 1 N–H and O–H groups in total. The number of rotatable bonds is 2. The average molecular weight is 297 g/mol. The van der Waals surface area contributed by atoms with Crippen molar-refractivity contribution in [1.29, 1.82) is 0 Å². The minimum Gasteiger partial charge on any atom is -0.367 e. The molecule has 0 unspecified atom stereocenters. The second-order valence-corrected chi connectivity index (χ2v) is 5.56. The van der Waals surface area contributed by atoms with Crippen LogP contribution in [0.2, 0.25) is 0 Å². The number of piperazine rings is 1. The highest BCUT2D eigenvalue weighted by Gasteiger charge is 2.22. The van der Waals surface area contributed by atoms with Gasteiger partial charge in [-0.2, -0.15) is 0 Å². The van der Waals surface area contributed by atoms with Crippen molar-refractivity contribution in [3.8, 4) is 0 Å². The molecule has 2 aromatic rings. The van der Waals surface area contributed by atoms with Crippen LogP contribution in [-0.4, -0.2) is 42.0 Å². The van der Waals surface area contributed by atoms with Crippen LogP contribution in [0, 0.1) is 6.92 Å². The van der Waals surface area contributed by atoms with Gasteiger partial charge in [0.05, 0.1) is 5.69 Å². The molecule has 1 saturated heterocycles. The number of amides is 1. The quantitative estimate of drug-likeness (QED) is 0.917. The number of anilines is 1. The maximum Gasteiger partial charge on any atom is 0.253 e. The number of pyridine rings is 1. The van der Waals surface area contributed by atoms with Gasteiger partial charge in [-0.1, -0.05) is 17.7 Å². The number of aryl methyl sites for hydroxylation is 1. The van der Waals surface area contributed by atoms with Crippen LogP contribution in [0.3, 0.4) is 0 Å². The fourth-order valence-corrected chi connectivity index (χ4v) is 2.73. The van der Waals surface area contributed by atoms with Crippen LogP contribution in [0.25, 0.3) is 0 Å². The second-order valence-electron chi connectivity index (χ2n) is 5.56. The number of aromatic nitrogens is 1. The Morgan fingerprint density at radius 1 is 1.09 bits per heavy atom. The number of carbonyl (C=O) groups excluding carboxylic acids is 1. The first-order valence-electron chi connectivity index (χ1n) is 7.43. The van der Waals surface area contributed by atoms with Crippen molar-refractivity contribution >= 4 is 11.6 Å². The van der Waals surface area contributed by atoms with Gasteiger partial charge in [0.25, 0.3) is 5.91 Å². The smallest absolute Gasteiger partial charge is 0.253 e. The highest BCUT2D eigenvalue weighted by Crippen LogP contribution is 2.15. The third-order valence-electron chi connectivity index (χ3n) is 3.96. The molecule has 5 heteroatoms. The molecular weight excluding hydrogens is 278 g/mol. The van der Waals surface area contributed by atoms with E-state index in [1.807, 2.05) is 42.2 Å². The number of benzene rings is 1. The van der Waals surface area contributed by atoms with Crippen LogP contribution < -0.4 is 10.5 Å². The van der Waals surface area contributed by atoms with Gasteiger partial charge < -0.3 is 14.8 Å². The normalized spacial score (nSPS) is 15.0. The number of aromatic amines is 1. The van der Waals surface area contributed by atoms with Gasteiger partial charge in [0.2, 0.25) is 5.56 Å². The Hall–Kier alpha value is -2.56. The SMILES string of the molecule is Cc1cccc(C(=O)N2CCN(c3ccc(=O)[nH]c3)CC2)c1. The molecule has 0 bridgehead atoms. The molecule has 0 aliphatic carbocycles. The molecule has 0 radical (unpaired) electrons.